The van der Waals surface area contributed by atoms with Crippen molar-refractivity contribution in [1.29, 1.82) is 0 Å². The van der Waals surface area contributed by atoms with Crippen molar-refractivity contribution in [2.24, 2.45) is 0 Å². The third kappa shape index (κ3) is 5.64. The van der Waals surface area contributed by atoms with Gasteiger partial charge >= 0.3 is 6.09 Å². The molecule has 1 N–H and O–H groups in total. The zero-order valence-corrected chi connectivity index (χ0v) is 15.7. The summed E-state index contributed by atoms with van der Waals surface area (Å²) in [6.07, 6.45) is -0.289. The highest BCUT2D eigenvalue weighted by Gasteiger charge is 2.20. The zero-order chi connectivity index (χ0) is 16.9. The van der Waals surface area contributed by atoms with E-state index in [-0.39, 0.29) is 12.1 Å². The van der Waals surface area contributed by atoms with Gasteiger partial charge in [0.2, 0.25) is 0 Å². The monoisotopic (exact) mass is 352 g/mol. The van der Waals surface area contributed by atoms with Gasteiger partial charge in [0.15, 0.2) is 0 Å². The molecule has 0 unspecified atom stereocenters. The minimum Gasteiger partial charge on any atom is -0.444 e. The van der Waals surface area contributed by atoms with E-state index < -0.39 is 5.60 Å². The van der Waals surface area contributed by atoms with E-state index in [0.717, 1.165) is 0 Å². The molecule has 0 saturated heterocycles. The van der Waals surface area contributed by atoms with E-state index >= 15 is 0 Å². The summed E-state index contributed by atoms with van der Waals surface area (Å²) < 4.78 is 5.36. The number of nitrogens with one attached hydrogen (secondary N) is 1. The molecule has 126 valence electrons. The van der Waals surface area contributed by atoms with E-state index in [1.165, 1.54) is 9.75 Å². The molecule has 6 heteroatoms. The molecule has 0 aliphatic heterocycles. The average Bonchev–Trinajstić information content (AvgIpc) is 3.14. The van der Waals surface area contributed by atoms with Crippen LogP contribution < -0.4 is 5.32 Å². The average molecular weight is 353 g/mol. The topological polar surface area (TPSA) is 41.6 Å². The number of carbonyl (C=O) groups excluding carboxylic acids is 1. The van der Waals surface area contributed by atoms with Crippen molar-refractivity contribution in [3.05, 3.63) is 44.8 Å². The summed E-state index contributed by atoms with van der Waals surface area (Å²) in [6.45, 7) is 6.93. The fourth-order valence-corrected chi connectivity index (χ4v) is 3.77. The Hall–Kier alpha value is -1.37. The molecule has 1 amide bonds. The van der Waals surface area contributed by atoms with Gasteiger partial charge in [-0.25, -0.2) is 4.79 Å². The Morgan fingerprint density at radius 1 is 1.22 bits per heavy atom. The van der Waals surface area contributed by atoms with Gasteiger partial charge in [0, 0.05) is 29.9 Å². The van der Waals surface area contributed by atoms with Crippen molar-refractivity contribution >= 4 is 28.8 Å². The van der Waals surface area contributed by atoms with Crippen LogP contribution in [0, 0.1) is 0 Å². The molecule has 2 heterocycles. The molecule has 4 nitrogen and oxygen atoms in total. The summed E-state index contributed by atoms with van der Waals surface area (Å²) in [4.78, 5) is 16.2. The van der Waals surface area contributed by atoms with E-state index in [2.05, 4.69) is 40.3 Å². The lowest BCUT2D eigenvalue weighted by Crippen LogP contribution is -2.38. The van der Waals surface area contributed by atoms with E-state index in [9.17, 15) is 4.79 Å². The molecular formula is C17H24N2O2S2. The molecule has 2 aromatic heterocycles. The first-order valence-electron chi connectivity index (χ1n) is 7.61. The van der Waals surface area contributed by atoms with Crippen molar-refractivity contribution in [2.45, 2.75) is 32.4 Å². The van der Waals surface area contributed by atoms with Gasteiger partial charge in [-0.15, -0.1) is 22.7 Å². The van der Waals surface area contributed by atoms with Crippen LogP contribution >= 0.6 is 22.7 Å². The Kier molecular flexibility index (Phi) is 6.21. The van der Waals surface area contributed by atoms with E-state index in [0.29, 0.717) is 13.1 Å². The van der Waals surface area contributed by atoms with Crippen LogP contribution in [0.25, 0.3) is 0 Å². The Morgan fingerprint density at radius 3 is 2.22 bits per heavy atom. The maximum Gasteiger partial charge on any atom is 0.410 e. The first-order valence-corrected chi connectivity index (χ1v) is 9.37. The highest BCUT2D eigenvalue weighted by atomic mass is 32.1. The predicted octanol–water partition coefficient (Wildman–Crippen LogP) is 4.36. The molecule has 0 aliphatic rings. The van der Waals surface area contributed by atoms with Crippen LogP contribution in [-0.2, 0) is 4.74 Å². The molecule has 0 spiro atoms. The quantitative estimate of drug-likeness (QED) is 0.840. The summed E-state index contributed by atoms with van der Waals surface area (Å²) >= 11 is 3.48. The number of thiophene rings is 2. The van der Waals surface area contributed by atoms with Crippen LogP contribution in [0.4, 0.5) is 4.79 Å². The van der Waals surface area contributed by atoms with Crippen LogP contribution in [0.1, 0.15) is 36.6 Å². The molecule has 2 rings (SSSR count). The van der Waals surface area contributed by atoms with Gasteiger partial charge < -0.3 is 15.0 Å². The fraction of sp³-hybridized carbons (Fsp3) is 0.471. The predicted molar refractivity (Wildman–Crippen MR) is 97.3 cm³/mol. The second-order valence-corrected chi connectivity index (χ2v) is 8.28. The van der Waals surface area contributed by atoms with Crippen LogP contribution in [0.2, 0.25) is 0 Å². The van der Waals surface area contributed by atoms with Crippen molar-refractivity contribution in [2.75, 3.05) is 20.1 Å². The number of ether oxygens (including phenoxy) is 1. The Bertz CT molecular complexity index is 554. The number of amides is 1. The van der Waals surface area contributed by atoms with Crippen LogP contribution in [0.5, 0.6) is 0 Å². The highest BCUT2D eigenvalue weighted by molar-refractivity contribution is 7.11. The third-order valence-corrected chi connectivity index (χ3v) is 5.03. The van der Waals surface area contributed by atoms with Gasteiger partial charge in [-0.3, -0.25) is 0 Å². The van der Waals surface area contributed by atoms with Crippen molar-refractivity contribution in [1.82, 2.24) is 10.2 Å². The fourth-order valence-electron chi connectivity index (χ4n) is 2.06. The van der Waals surface area contributed by atoms with Gasteiger partial charge in [0.25, 0.3) is 0 Å². The Labute approximate surface area is 146 Å². The van der Waals surface area contributed by atoms with Crippen LogP contribution in [0.3, 0.4) is 0 Å². The molecule has 0 atom stereocenters. The molecule has 0 fully saturated rings. The number of carbonyl (C=O) groups is 1. The van der Waals surface area contributed by atoms with Gasteiger partial charge in [-0.05, 0) is 43.7 Å². The summed E-state index contributed by atoms with van der Waals surface area (Å²) in [6, 6.07) is 8.59. The van der Waals surface area contributed by atoms with Gasteiger partial charge in [-0.2, -0.15) is 0 Å². The number of hydrogen-bond donors (Lipinski definition) is 1. The summed E-state index contributed by atoms with van der Waals surface area (Å²) in [7, 11) is 1.76. The molecule has 0 aliphatic carbocycles. The first kappa shape index (κ1) is 18.0. The lowest BCUT2D eigenvalue weighted by atomic mass is 10.2. The summed E-state index contributed by atoms with van der Waals surface area (Å²) in [5.74, 6) is 0. The summed E-state index contributed by atoms with van der Waals surface area (Å²) in [5, 5.41) is 7.72. The first-order chi connectivity index (χ1) is 10.9. The number of hydrogen-bond acceptors (Lipinski definition) is 5. The van der Waals surface area contributed by atoms with Crippen molar-refractivity contribution in [3.63, 3.8) is 0 Å². The maximum absolute atomic E-state index is 12.0. The lowest BCUT2D eigenvalue weighted by Gasteiger charge is -2.25. The molecule has 23 heavy (non-hydrogen) atoms. The molecule has 0 bridgehead atoms. The molecule has 0 saturated carbocycles. The Balaban J connectivity index is 1.89. The van der Waals surface area contributed by atoms with Gasteiger partial charge in [0.05, 0.1) is 6.04 Å². The highest BCUT2D eigenvalue weighted by Crippen LogP contribution is 2.28. The van der Waals surface area contributed by atoms with E-state index in [4.69, 9.17) is 4.74 Å². The van der Waals surface area contributed by atoms with Gasteiger partial charge in [-0.1, -0.05) is 12.1 Å². The normalized spacial score (nSPS) is 11.7. The molecular weight excluding hydrogens is 328 g/mol. The van der Waals surface area contributed by atoms with Crippen molar-refractivity contribution in [3.8, 4) is 0 Å². The summed E-state index contributed by atoms with van der Waals surface area (Å²) in [5.41, 5.74) is -0.463. The number of likely N-dealkylation sites (N-methyl/N-ethyl adjacent to an activating group) is 1. The Morgan fingerprint density at radius 2 is 1.78 bits per heavy atom. The molecule has 0 aromatic carbocycles. The largest absolute Gasteiger partial charge is 0.444 e. The van der Waals surface area contributed by atoms with E-state index in [1.54, 1.807) is 34.6 Å². The SMILES string of the molecule is CN(CCNC(c1cccs1)c1cccs1)C(=O)OC(C)(C)C. The van der Waals surface area contributed by atoms with Gasteiger partial charge in [0.1, 0.15) is 5.60 Å². The third-order valence-electron chi connectivity index (χ3n) is 3.16. The molecule has 0 radical (unpaired) electrons. The number of nitrogens with zero attached hydrogens (tertiary/aromatic N) is 1. The minimum atomic E-state index is -0.463. The number of rotatable bonds is 6. The molecule has 2 aromatic rings. The standard InChI is InChI=1S/C17H24N2O2S2/c1-17(2,3)21-16(20)19(4)10-9-18-15(13-7-5-11-22-13)14-8-6-12-23-14/h5-8,11-12,15,18H,9-10H2,1-4H3. The maximum atomic E-state index is 12.0. The van der Waals surface area contributed by atoms with Crippen LogP contribution in [-0.4, -0.2) is 36.7 Å². The minimum absolute atomic E-state index is 0.182. The second-order valence-electron chi connectivity index (χ2n) is 6.32. The van der Waals surface area contributed by atoms with Crippen molar-refractivity contribution < 1.29 is 9.53 Å². The lowest BCUT2D eigenvalue weighted by molar-refractivity contribution is 0.0300. The van der Waals surface area contributed by atoms with Crippen LogP contribution in [0.15, 0.2) is 35.0 Å². The van der Waals surface area contributed by atoms with E-state index in [1.807, 2.05) is 20.8 Å². The zero-order valence-electron chi connectivity index (χ0n) is 14.0. The smallest absolute Gasteiger partial charge is 0.410 e. The second kappa shape index (κ2) is 7.95.